The average Bonchev–Trinajstić information content (AvgIpc) is 2.34. The third-order valence-corrected chi connectivity index (χ3v) is 2.99. The van der Waals surface area contributed by atoms with Crippen molar-refractivity contribution in [3.8, 4) is 11.6 Å². The summed E-state index contributed by atoms with van der Waals surface area (Å²) in [4.78, 5) is 14.3. The van der Waals surface area contributed by atoms with E-state index in [2.05, 4.69) is 20.9 Å². The fourth-order valence-electron chi connectivity index (χ4n) is 1.43. The highest BCUT2D eigenvalue weighted by atomic mass is 79.9. The van der Waals surface area contributed by atoms with E-state index in [4.69, 9.17) is 10.5 Å². The summed E-state index contributed by atoms with van der Waals surface area (Å²) in [6.07, 6.45) is 1.45. The second-order valence-corrected chi connectivity index (χ2v) is 4.72. The van der Waals surface area contributed by atoms with Gasteiger partial charge in [-0.05, 0) is 40.5 Å². The molecular weight excluding hydrogens is 314 g/mol. The maximum Gasteiger partial charge on any atom is 0.273 e. The van der Waals surface area contributed by atoms with Gasteiger partial charge >= 0.3 is 0 Å². The molecule has 98 valence electrons. The minimum Gasteiger partial charge on any atom is -0.437 e. The molecule has 0 aliphatic rings. The van der Waals surface area contributed by atoms with Gasteiger partial charge in [-0.1, -0.05) is 0 Å². The normalized spacial score (nSPS) is 10.2. The zero-order valence-corrected chi connectivity index (χ0v) is 11.5. The molecule has 2 rings (SSSR count). The fraction of sp³-hybridized carbons (Fsp3) is 0.0833. The predicted octanol–water partition coefficient (Wildman–Crippen LogP) is 3.44. The number of hydrogen-bond acceptors (Lipinski definition) is 5. The highest BCUT2D eigenvalue weighted by molar-refractivity contribution is 9.10. The van der Waals surface area contributed by atoms with Crippen molar-refractivity contribution in [1.82, 2.24) is 4.98 Å². The van der Waals surface area contributed by atoms with Crippen LogP contribution in [0, 0.1) is 17.0 Å². The van der Waals surface area contributed by atoms with Crippen LogP contribution in [-0.4, -0.2) is 9.91 Å². The van der Waals surface area contributed by atoms with Gasteiger partial charge in [-0.3, -0.25) is 10.1 Å². The molecule has 7 heteroatoms. The summed E-state index contributed by atoms with van der Waals surface area (Å²) in [5, 5.41) is 10.7. The third-order valence-electron chi connectivity index (χ3n) is 2.42. The van der Waals surface area contributed by atoms with E-state index in [0.717, 1.165) is 5.56 Å². The van der Waals surface area contributed by atoms with Crippen LogP contribution < -0.4 is 10.5 Å². The van der Waals surface area contributed by atoms with Crippen LogP contribution in [0.3, 0.4) is 0 Å². The Labute approximate surface area is 117 Å². The molecule has 0 amide bonds. The van der Waals surface area contributed by atoms with E-state index in [1.165, 1.54) is 18.3 Å². The van der Waals surface area contributed by atoms with Gasteiger partial charge in [0.25, 0.3) is 5.69 Å². The highest BCUT2D eigenvalue weighted by Gasteiger charge is 2.12. The van der Waals surface area contributed by atoms with Crippen molar-refractivity contribution in [2.45, 2.75) is 6.92 Å². The maximum absolute atomic E-state index is 10.7. The number of nitrogens with zero attached hydrogens (tertiary/aromatic N) is 2. The molecule has 0 aliphatic heterocycles. The number of rotatable bonds is 3. The molecule has 19 heavy (non-hydrogen) atoms. The van der Waals surface area contributed by atoms with Crippen LogP contribution in [0.4, 0.5) is 11.4 Å². The highest BCUT2D eigenvalue weighted by Crippen LogP contribution is 2.32. The van der Waals surface area contributed by atoms with Crippen LogP contribution in [0.2, 0.25) is 0 Å². The minimum atomic E-state index is -0.474. The van der Waals surface area contributed by atoms with Crippen LogP contribution in [0.25, 0.3) is 0 Å². The lowest BCUT2D eigenvalue weighted by atomic mass is 10.2. The van der Waals surface area contributed by atoms with E-state index in [-0.39, 0.29) is 5.69 Å². The van der Waals surface area contributed by atoms with E-state index in [1.807, 2.05) is 0 Å². The molecule has 1 aromatic carbocycles. The maximum atomic E-state index is 10.7. The lowest BCUT2D eigenvalue weighted by Crippen LogP contribution is -1.95. The molecule has 6 nitrogen and oxygen atoms in total. The summed E-state index contributed by atoms with van der Waals surface area (Å²) in [6.45, 7) is 1.80. The summed E-state index contributed by atoms with van der Waals surface area (Å²) >= 11 is 3.28. The van der Waals surface area contributed by atoms with Crippen LogP contribution in [0.15, 0.2) is 34.9 Å². The molecule has 0 fully saturated rings. The van der Waals surface area contributed by atoms with Crippen molar-refractivity contribution < 1.29 is 9.66 Å². The molecular formula is C12H10BrN3O3. The predicted molar refractivity (Wildman–Crippen MR) is 74.3 cm³/mol. The Hall–Kier alpha value is -2.15. The van der Waals surface area contributed by atoms with Gasteiger partial charge in [-0.2, -0.15) is 0 Å². The number of halogens is 1. The first-order valence-corrected chi connectivity index (χ1v) is 6.10. The molecule has 1 aromatic heterocycles. The summed E-state index contributed by atoms with van der Waals surface area (Å²) in [6, 6.07) is 6.06. The van der Waals surface area contributed by atoms with Gasteiger partial charge in [-0.25, -0.2) is 4.98 Å². The molecule has 0 saturated heterocycles. The molecule has 0 aliphatic carbocycles. The van der Waals surface area contributed by atoms with Crippen molar-refractivity contribution in [2.75, 3.05) is 5.73 Å². The van der Waals surface area contributed by atoms with Crippen molar-refractivity contribution in [3.05, 3.63) is 50.6 Å². The van der Waals surface area contributed by atoms with Crippen LogP contribution in [0.5, 0.6) is 11.6 Å². The Bertz CT molecular complexity index is 646. The quantitative estimate of drug-likeness (QED) is 0.690. The zero-order chi connectivity index (χ0) is 14.0. The largest absolute Gasteiger partial charge is 0.437 e. The van der Waals surface area contributed by atoms with Crippen LogP contribution in [0.1, 0.15) is 5.56 Å². The molecule has 0 atom stereocenters. The number of pyridine rings is 1. The van der Waals surface area contributed by atoms with Crippen molar-refractivity contribution in [1.29, 1.82) is 0 Å². The lowest BCUT2D eigenvalue weighted by Gasteiger charge is -2.09. The summed E-state index contributed by atoms with van der Waals surface area (Å²) in [7, 11) is 0. The van der Waals surface area contributed by atoms with Crippen molar-refractivity contribution in [3.63, 3.8) is 0 Å². The second kappa shape index (κ2) is 5.23. The summed E-state index contributed by atoms with van der Waals surface area (Å²) in [5.41, 5.74) is 6.81. The summed E-state index contributed by atoms with van der Waals surface area (Å²) in [5.74, 6) is 0.685. The smallest absolute Gasteiger partial charge is 0.273 e. The Morgan fingerprint density at radius 1 is 1.42 bits per heavy atom. The number of anilines is 1. The van der Waals surface area contributed by atoms with Gasteiger partial charge in [-0.15, -0.1) is 0 Å². The second-order valence-electron chi connectivity index (χ2n) is 3.86. The minimum absolute atomic E-state index is 0.0350. The van der Waals surface area contributed by atoms with Crippen molar-refractivity contribution >= 4 is 27.3 Å². The van der Waals surface area contributed by atoms with E-state index in [1.54, 1.807) is 19.1 Å². The van der Waals surface area contributed by atoms with E-state index in [9.17, 15) is 10.1 Å². The molecule has 0 saturated carbocycles. The first kappa shape index (κ1) is 13.3. The molecule has 0 radical (unpaired) electrons. The molecule has 1 heterocycles. The van der Waals surface area contributed by atoms with E-state index in [0.29, 0.717) is 21.8 Å². The standard InChI is InChI=1S/C12H10BrN3O3/c1-7-2-3-9(16(17)18)5-11(7)19-12-10(13)4-8(14)6-15-12/h2-6H,14H2,1H3. The SMILES string of the molecule is Cc1ccc([N+](=O)[O-])cc1Oc1ncc(N)cc1Br. The number of non-ortho nitro benzene ring substituents is 1. The number of benzene rings is 1. The zero-order valence-electron chi connectivity index (χ0n) is 9.96. The lowest BCUT2D eigenvalue weighted by molar-refractivity contribution is -0.384. The Morgan fingerprint density at radius 2 is 2.16 bits per heavy atom. The monoisotopic (exact) mass is 323 g/mol. The van der Waals surface area contributed by atoms with Gasteiger partial charge in [0.1, 0.15) is 5.75 Å². The topological polar surface area (TPSA) is 91.3 Å². The Morgan fingerprint density at radius 3 is 2.79 bits per heavy atom. The van der Waals surface area contributed by atoms with Gasteiger partial charge in [0.2, 0.25) is 5.88 Å². The molecule has 0 spiro atoms. The number of nitro benzene ring substituents is 1. The molecule has 0 unspecified atom stereocenters. The number of aromatic nitrogens is 1. The Kier molecular flexibility index (Phi) is 3.66. The Balaban J connectivity index is 2.37. The van der Waals surface area contributed by atoms with E-state index >= 15 is 0 Å². The molecule has 2 N–H and O–H groups in total. The van der Waals surface area contributed by atoms with Crippen LogP contribution in [-0.2, 0) is 0 Å². The summed E-state index contributed by atoms with van der Waals surface area (Å²) < 4.78 is 6.15. The van der Waals surface area contributed by atoms with Gasteiger partial charge in [0.05, 0.1) is 27.3 Å². The van der Waals surface area contributed by atoms with Crippen LogP contribution >= 0.6 is 15.9 Å². The number of nitro groups is 1. The first-order chi connectivity index (χ1) is 8.97. The third kappa shape index (κ3) is 3.00. The number of hydrogen-bond donors (Lipinski definition) is 1. The number of ether oxygens (including phenoxy) is 1. The van der Waals surface area contributed by atoms with E-state index < -0.39 is 4.92 Å². The number of nitrogens with two attached hydrogens (primary N) is 1. The fourth-order valence-corrected chi connectivity index (χ4v) is 1.88. The van der Waals surface area contributed by atoms with Crippen molar-refractivity contribution in [2.24, 2.45) is 0 Å². The first-order valence-electron chi connectivity index (χ1n) is 5.31. The molecule has 2 aromatic rings. The number of aryl methyl sites for hydroxylation is 1. The number of nitrogen functional groups attached to an aromatic ring is 1. The van der Waals surface area contributed by atoms with Gasteiger partial charge in [0, 0.05) is 6.07 Å². The van der Waals surface area contributed by atoms with Gasteiger partial charge in [0.15, 0.2) is 0 Å². The molecule has 0 bridgehead atoms. The van der Waals surface area contributed by atoms with Gasteiger partial charge < -0.3 is 10.5 Å². The average molecular weight is 324 g/mol.